The largest absolute Gasteiger partial charge is 0.490 e. The second kappa shape index (κ2) is 7.84. The first-order valence-corrected chi connectivity index (χ1v) is 9.49. The fraction of sp³-hybridized carbons (Fsp3) is 0.318. The second-order valence-electron chi connectivity index (χ2n) is 7.24. The molecule has 2 heterocycles. The molecular weight excluding hydrogens is 336 g/mol. The van der Waals surface area contributed by atoms with Crippen LogP contribution in [0.5, 0.6) is 5.75 Å². The molecule has 1 aliphatic heterocycles. The van der Waals surface area contributed by atoms with Crippen molar-refractivity contribution in [1.29, 1.82) is 0 Å². The van der Waals surface area contributed by atoms with Gasteiger partial charge in [-0.1, -0.05) is 24.3 Å². The van der Waals surface area contributed by atoms with E-state index in [-0.39, 0.29) is 6.10 Å². The van der Waals surface area contributed by atoms with Crippen LogP contribution in [0.15, 0.2) is 60.9 Å². The Morgan fingerprint density at radius 3 is 2.74 bits per heavy atom. The zero-order chi connectivity index (χ0) is 18.6. The molecule has 0 spiro atoms. The molecule has 0 bridgehead atoms. The summed E-state index contributed by atoms with van der Waals surface area (Å²) < 4.78 is 8.53. The lowest BCUT2D eigenvalue weighted by molar-refractivity contribution is 0.115. The monoisotopic (exact) mass is 362 g/mol. The molecule has 2 aromatic carbocycles. The number of ether oxygens (including phenoxy) is 1. The molecule has 5 nitrogen and oxygen atoms in total. The first kappa shape index (κ1) is 17.6. The number of imidazole rings is 1. The van der Waals surface area contributed by atoms with Crippen molar-refractivity contribution in [2.24, 2.45) is 0 Å². The molecule has 0 radical (unpaired) electrons. The lowest BCUT2D eigenvalue weighted by atomic mass is 10.1. The average molecular weight is 362 g/mol. The Hall–Kier alpha value is -2.79. The van der Waals surface area contributed by atoms with Gasteiger partial charge in [0.25, 0.3) is 0 Å². The molecule has 1 saturated heterocycles. The standard InChI is InChI=1S/C22H26N4O/c1-25-12-9-19(10-13-25)27-21-8-3-2-7-20(21)22-24-11-14-26(22)16-17-5-4-6-18(23)15-17/h2-8,11,14-15,19H,9-10,12-13,16,23H2,1H3. The number of piperidine rings is 1. The summed E-state index contributed by atoms with van der Waals surface area (Å²) in [5.41, 5.74) is 8.89. The molecule has 140 valence electrons. The van der Waals surface area contributed by atoms with Crippen molar-refractivity contribution in [1.82, 2.24) is 14.5 Å². The molecule has 0 unspecified atom stereocenters. The lowest BCUT2D eigenvalue weighted by Gasteiger charge is -2.29. The van der Waals surface area contributed by atoms with Gasteiger partial charge in [-0.25, -0.2) is 4.98 Å². The average Bonchev–Trinajstić information content (AvgIpc) is 3.12. The Morgan fingerprint density at radius 2 is 1.93 bits per heavy atom. The van der Waals surface area contributed by atoms with Gasteiger partial charge in [0.1, 0.15) is 17.7 Å². The molecule has 1 aliphatic rings. The summed E-state index contributed by atoms with van der Waals surface area (Å²) >= 11 is 0. The van der Waals surface area contributed by atoms with E-state index >= 15 is 0 Å². The third-order valence-corrected chi connectivity index (χ3v) is 5.11. The van der Waals surface area contributed by atoms with Crippen LogP contribution in [0.1, 0.15) is 18.4 Å². The van der Waals surface area contributed by atoms with Crippen LogP contribution >= 0.6 is 0 Å². The van der Waals surface area contributed by atoms with Gasteiger partial charge in [-0.05, 0) is 49.7 Å². The molecular formula is C22H26N4O. The summed E-state index contributed by atoms with van der Waals surface area (Å²) in [7, 11) is 2.16. The zero-order valence-corrected chi connectivity index (χ0v) is 15.7. The highest BCUT2D eigenvalue weighted by Gasteiger charge is 2.20. The molecule has 0 saturated carbocycles. The highest BCUT2D eigenvalue weighted by atomic mass is 16.5. The van der Waals surface area contributed by atoms with Crippen molar-refractivity contribution < 1.29 is 4.74 Å². The highest BCUT2D eigenvalue weighted by molar-refractivity contribution is 5.64. The van der Waals surface area contributed by atoms with Gasteiger partial charge < -0.3 is 19.9 Å². The summed E-state index contributed by atoms with van der Waals surface area (Å²) in [6.45, 7) is 2.89. The van der Waals surface area contributed by atoms with Gasteiger partial charge in [0.2, 0.25) is 0 Å². The van der Waals surface area contributed by atoms with Crippen LogP contribution < -0.4 is 10.5 Å². The van der Waals surface area contributed by atoms with Gasteiger partial charge in [0.15, 0.2) is 0 Å². The number of benzene rings is 2. The number of para-hydroxylation sites is 1. The predicted molar refractivity (Wildman–Crippen MR) is 109 cm³/mol. The van der Waals surface area contributed by atoms with E-state index in [2.05, 4.69) is 33.6 Å². The number of hydrogen-bond acceptors (Lipinski definition) is 4. The number of hydrogen-bond donors (Lipinski definition) is 1. The number of anilines is 1. The fourth-order valence-corrected chi connectivity index (χ4v) is 3.61. The van der Waals surface area contributed by atoms with Gasteiger partial charge >= 0.3 is 0 Å². The van der Waals surface area contributed by atoms with E-state index in [9.17, 15) is 0 Å². The van der Waals surface area contributed by atoms with Gasteiger partial charge in [-0.15, -0.1) is 0 Å². The second-order valence-corrected chi connectivity index (χ2v) is 7.24. The minimum atomic E-state index is 0.264. The van der Waals surface area contributed by atoms with Crippen LogP contribution in [0.25, 0.3) is 11.4 Å². The van der Waals surface area contributed by atoms with Gasteiger partial charge in [-0.2, -0.15) is 0 Å². The molecule has 3 aromatic rings. The molecule has 4 rings (SSSR count). The van der Waals surface area contributed by atoms with Gasteiger partial charge in [0, 0.05) is 37.7 Å². The molecule has 0 aliphatic carbocycles. The van der Waals surface area contributed by atoms with E-state index in [1.807, 2.05) is 48.8 Å². The molecule has 27 heavy (non-hydrogen) atoms. The normalized spacial score (nSPS) is 15.7. The molecule has 0 amide bonds. The molecule has 5 heteroatoms. The Bertz CT molecular complexity index is 897. The Balaban J connectivity index is 1.58. The van der Waals surface area contributed by atoms with E-state index in [0.717, 1.165) is 60.9 Å². The van der Waals surface area contributed by atoms with Crippen molar-refractivity contribution in [3.05, 3.63) is 66.5 Å². The third-order valence-electron chi connectivity index (χ3n) is 5.11. The van der Waals surface area contributed by atoms with Gasteiger partial charge in [-0.3, -0.25) is 0 Å². The van der Waals surface area contributed by atoms with Crippen molar-refractivity contribution >= 4 is 5.69 Å². The summed E-state index contributed by atoms with van der Waals surface area (Å²) in [6, 6.07) is 16.2. The van der Waals surface area contributed by atoms with E-state index in [0.29, 0.717) is 0 Å². The van der Waals surface area contributed by atoms with Crippen LogP contribution in [0.2, 0.25) is 0 Å². The fourth-order valence-electron chi connectivity index (χ4n) is 3.61. The van der Waals surface area contributed by atoms with Crippen LogP contribution in [0, 0.1) is 0 Å². The maximum Gasteiger partial charge on any atom is 0.143 e. The lowest BCUT2D eigenvalue weighted by Crippen LogP contribution is -2.35. The molecule has 1 aromatic heterocycles. The minimum absolute atomic E-state index is 0.264. The van der Waals surface area contributed by atoms with Crippen molar-refractivity contribution in [2.45, 2.75) is 25.5 Å². The Morgan fingerprint density at radius 1 is 1.11 bits per heavy atom. The third kappa shape index (κ3) is 4.14. The van der Waals surface area contributed by atoms with E-state index in [1.165, 1.54) is 0 Å². The number of nitrogen functional groups attached to an aromatic ring is 1. The first-order valence-electron chi connectivity index (χ1n) is 9.49. The molecule has 2 N–H and O–H groups in total. The summed E-state index contributed by atoms with van der Waals surface area (Å²) in [6.07, 6.45) is 6.23. The molecule has 1 fully saturated rings. The topological polar surface area (TPSA) is 56.3 Å². The van der Waals surface area contributed by atoms with Gasteiger partial charge in [0.05, 0.1) is 5.56 Å². The predicted octanol–water partition coefficient (Wildman–Crippen LogP) is 3.65. The van der Waals surface area contributed by atoms with Crippen LogP contribution in [0.4, 0.5) is 5.69 Å². The minimum Gasteiger partial charge on any atom is -0.490 e. The zero-order valence-electron chi connectivity index (χ0n) is 15.7. The highest BCUT2D eigenvalue weighted by Crippen LogP contribution is 2.31. The number of nitrogens with two attached hydrogens (primary N) is 1. The number of aromatic nitrogens is 2. The van der Waals surface area contributed by atoms with E-state index in [4.69, 9.17) is 10.5 Å². The van der Waals surface area contributed by atoms with Crippen LogP contribution in [-0.4, -0.2) is 40.7 Å². The summed E-state index contributed by atoms with van der Waals surface area (Å²) in [5, 5.41) is 0. The Labute approximate surface area is 160 Å². The quantitative estimate of drug-likeness (QED) is 0.704. The first-order chi connectivity index (χ1) is 13.2. The summed E-state index contributed by atoms with van der Waals surface area (Å²) in [4.78, 5) is 6.97. The summed E-state index contributed by atoms with van der Waals surface area (Å²) in [5.74, 6) is 1.83. The number of rotatable bonds is 5. The molecule has 0 atom stereocenters. The van der Waals surface area contributed by atoms with Crippen molar-refractivity contribution in [2.75, 3.05) is 25.9 Å². The smallest absolute Gasteiger partial charge is 0.143 e. The van der Waals surface area contributed by atoms with Crippen LogP contribution in [0.3, 0.4) is 0 Å². The maximum atomic E-state index is 6.38. The number of nitrogens with zero attached hydrogens (tertiary/aromatic N) is 3. The maximum absolute atomic E-state index is 6.38. The van der Waals surface area contributed by atoms with Crippen LogP contribution in [-0.2, 0) is 6.54 Å². The van der Waals surface area contributed by atoms with E-state index < -0.39 is 0 Å². The SMILES string of the molecule is CN1CCC(Oc2ccccc2-c2nccn2Cc2cccc(N)c2)CC1. The number of likely N-dealkylation sites (tertiary alicyclic amines) is 1. The van der Waals surface area contributed by atoms with Crippen molar-refractivity contribution in [3.63, 3.8) is 0 Å². The van der Waals surface area contributed by atoms with E-state index in [1.54, 1.807) is 0 Å². The van der Waals surface area contributed by atoms with Crippen molar-refractivity contribution in [3.8, 4) is 17.1 Å². The Kier molecular flexibility index (Phi) is 5.12.